The number of hydrogen-bond acceptors (Lipinski definition) is 3. The van der Waals surface area contributed by atoms with Crippen LogP contribution in [0.1, 0.15) is 33.1 Å². The molecule has 0 spiro atoms. The Bertz CT molecular complexity index is 197. The molecule has 3 nitrogen and oxygen atoms in total. The molecular formula is C12H20O3. The maximum atomic E-state index is 10.2. The third kappa shape index (κ3) is 9.22. The number of carbonyl (C=O) groups is 1. The molecule has 0 aromatic carbocycles. The summed E-state index contributed by atoms with van der Waals surface area (Å²) in [6.45, 7) is 4.37. The van der Waals surface area contributed by atoms with E-state index < -0.39 is 0 Å². The fourth-order valence-corrected chi connectivity index (χ4v) is 0.984. The maximum absolute atomic E-state index is 10.2. The fourth-order valence-electron chi connectivity index (χ4n) is 0.984. The minimum Gasteiger partial charge on any atom is -0.473 e. The Morgan fingerprint density at radius 3 is 2.67 bits per heavy atom. The summed E-state index contributed by atoms with van der Waals surface area (Å²) in [6, 6.07) is 0. The van der Waals surface area contributed by atoms with Crippen molar-refractivity contribution in [3.8, 4) is 0 Å². The van der Waals surface area contributed by atoms with Gasteiger partial charge in [0.25, 0.3) is 0 Å². The molecule has 0 amide bonds. The molecule has 0 saturated carbocycles. The van der Waals surface area contributed by atoms with Gasteiger partial charge in [-0.1, -0.05) is 18.2 Å². The van der Waals surface area contributed by atoms with E-state index in [4.69, 9.17) is 9.47 Å². The molecule has 0 aliphatic carbocycles. The predicted molar refractivity (Wildman–Crippen MR) is 60.4 cm³/mol. The van der Waals surface area contributed by atoms with Gasteiger partial charge >= 0.3 is 0 Å². The van der Waals surface area contributed by atoms with Crippen molar-refractivity contribution >= 4 is 6.29 Å². The van der Waals surface area contributed by atoms with Gasteiger partial charge in [-0.15, -0.1) is 0 Å². The highest BCUT2D eigenvalue weighted by molar-refractivity contribution is 5.48. The lowest BCUT2D eigenvalue weighted by Crippen LogP contribution is -2.14. The van der Waals surface area contributed by atoms with Crippen LogP contribution in [0.25, 0.3) is 0 Å². The van der Waals surface area contributed by atoms with Crippen LogP contribution >= 0.6 is 0 Å². The summed E-state index contributed by atoms with van der Waals surface area (Å²) in [5.74, 6) is 0. The van der Waals surface area contributed by atoms with E-state index in [2.05, 4.69) is 0 Å². The van der Waals surface area contributed by atoms with Crippen molar-refractivity contribution in [3.05, 3.63) is 24.5 Å². The highest BCUT2D eigenvalue weighted by Gasteiger charge is 2.06. The third-order valence-electron chi connectivity index (χ3n) is 1.74. The van der Waals surface area contributed by atoms with Gasteiger partial charge < -0.3 is 14.3 Å². The maximum Gasteiger partial charge on any atom is 0.199 e. The van der Waals surface area contributed by atoms with E-state index in [1.165, 1.54) is 0 Å². The zero-order valence-electron chi connectivity index (χ0n) is 9.52. The van der Waals surface area contributed by atoms with Gasteiger partial charge in [0.05, 0.1) is 12.9 Å². The lowest BCUT2D eigenvalue weighted by Gasteiger charge is -2.15. The molecule has 0 bridgehead atoms. The SMILES string of the molecule is CC=CCOC(CCCC=O)OC=CC. The topological polar surface area (TPSA) is 35.5 Å². The van der Waals surface area contributed by atoms with Crippen LogP contribution in [0.3, 0.4) is 0 Å². The molecule has 0 fully saturated rings. The average Bonchev–Trinajstić information content (AvgIpc) is 2.25. The first kappa shape index (κ1) is 13.9. The van der Waals surface area contributed by atoms with E-state index in [-0.39, 0.29) is 6.29 Å². The summed E-state index contributed by atoms with van der Waals surface area (Å²) in [5, 5.41) is 0. The molecule has 0 aromatic heterocycles. The summed E-state index contributed by atoms with van der Waals surface area (Å²) < 4.78 is 10.8. The molecule has 0 heterocycles. The number of rotatable bonds is 9. The van der Waals surface area contributed by atoms with Crippen molar-refractivity contribution in [2.45, 2.75) is 39.4 Å². The van der Waals surface area contributed by atoms with E-state index in [0.29, 0.717) is 13.0 Å². The van der Waals surface area contributed by atoms with Crippen LogP contribution in [-0.2, 0) is 14.3 Å². The van der Waals surface area contributed by atoms with Crippen LogP contribution in [0.4, 0.5) is 0 Å². The molecule has 0 aromatic rings. The van der Waals surface area contributed by atoms with Crippen molar-refractivity contribution in [1.29, 1.82) is 0 Å². The summed E-state index contributed by atoms with van der Waals surface area (Å²) in [4.78, 5) is 10.2. The first-order valence-corrected chi connectivity index (χ1v) is 5.28. The van der Waals surface area contributed by atoms with Crippen LogP contribution in [-0.4, -0.2) is 19.2 Å². The van der Waals surface area contributed by atoms with Gasteiger partial charge in [-0.3, -0.25) is 0 Å². The van der Waals surface area contributed by atoms with Gasteiger partial charge in [-0.2, -0.15) is 0 Å². The molecule has 0 N–H and O–H groups in total. The number of hydrogen-bond donors (Lipinski definition) is 0. The molecule has 1 unspecified atom stereocenters. The second-order valence-corrected chi connectivity index (χ2v) is 3.03. The summed E-state index contributed by atoms with van der Waals surface area (Å²) in [5.41, 5.74) is 0. The van der Waals surface area contributed by atoms with Crippen LogP contribution in [0.15, 0.2) is 24.5 Å². The normalized spacial score (nSPS) is 13.5. The van der Waals surface area contributed by atoms with E-state index in [1.54, 1.807) is 6.26 Å². The van der Waals surface area contributed by atoms with Crippen molar-refractivity contribution in [2.24, 2.45) is 0 Å². The molecule has 15 heavy (non-hydrogen) atoms. The summed E-state index contributed by atoms with van der Waals surface area (Å²) in [6.07, 6.45) is 10.0. The Labute approximate surface area is 91.8 Å². The zero-order valence-corrected chi connectivity index (χ0v) is 9.52. The average molecular weight is 212 g/mol. The lowest BCUT2D eigenvalue weighted by molar-refractivity contribution is -0.110. The molecule has 0 aliphatic heterocycles. The van der Waals surface area contributed by atoms with E-state index in [0.717, 1.165) is 19.1 Å². The largest absolute Gasteiger partial charge is 0.473 e. The van der Waals surface area contributed by atoms with Gasteiger partial charge in [0.2, 0.25) is 0 Å². The quantitative estimate of drug-likeness (QED) is 0.194. The monoisotopic (exact) mass is 212 g/mol. The number of allylic oxidation sites excluding steroid dienone is 2. The van der Waals surface area contributed by atoms with Crippen LogP contribution in [0, 0.1) is 0 Å². The molecule has 0 rings (SSSR count). The van der Waals surface area contributed by atoms with Gasteiger partial charge in [0.15, 0.2) is 6.29 Å². The summed E-state index contributed by atoms with van der Waals surface area (Å²) >= 11 is 0. The smallest absolute Gasteiger partial charge is 0.199 e. The van der Waals surface area contributed by atoms with E-state index in [9.17, 15) is 4.79 Å². The zero-order chi connectivity index (χ0) is 11.4. The first-order valence-electron chi connectivity index (χ1n) is 5.28. The molecule has 0 aliphatic rings. The number of carbonyl (C=O) groups excluding carboxylic acids is 1. The molecule has 0 radical (unpaired) electrons. The van der Waals surface area contributed by atoms with Crippen molar-refractivity contribution in [3.63, 3.8) is 0 Å². The Morgan fingerprint density at radius 2 is 2.07 bits per heavy atom. The molecule has 3 heteroatoms. The first-order chi connectivity index (χ1) is 7.35. The van der Waals surface area contributed by atoms with Gasteiger partial charge in [0, 0.05) is 12.8 Å². The van der Waals surface area contributed by atoms with Crippen molar-refractivity contribution in [2.75, 3.05) is 6.61 Å². The van der Waals surface area contributed by atoms with Crippen LogP contribution < -0.4 is 0 Å². The van der Waals surface area contributed by atoms with Gasteiger partial charge in [0.1, 0.15) is 6.29 Å². The van der Waals surface area contributed by atoms with Crippen LogP contribution in [0.2, 0.25) is 0 Å². The van der Waals surface area contributed by atoms with Crippen molar-refractivity contribution < 1.29 is 14.3 Å². The van der Waals surface area contributed by atoms with Gasteiger partial charge in [-0.25, -0.2) is 0 Å². The third-order valence-corrected chi connectivity index (χ3v) is 1.74. The Morgan fingerprint density at radius 1 is 1.27 bits per heavy atom. The second-order valence-electron chi connectivity index (χ2n) is 3.03. The Hall–Kier alpha value is -1.09. The Kier molecular flexibility index (Phi) is 10.2. The van der Waals surface area contributed by atoms with E-state index >= 15 is 0 Å². The number of aldehydes is 1. The molecular weight excluding hydrogens is 192 g/mol. The van der Waals surface area contributed by atoms with Gasteiger partial charge in [-0.05, 0) is 20.3 Å². The second kappa shape index (κ2) is 11.0. The Balaban J connectivity index is 3.77. The number of unbranched alkanes of at least 4 members (excludes halogenated alkanes) is 1. The highest BCUT2D eigenvalue weighted by atomic mass is 16.7. The minimum absolute atomic E-state index is 0.252. The lowest BCUT2D eigenvalue weighted by atomic mass is 10.2. The van der Waals surface area contributed by atoms with Crippen molar-refractivity contribution in [1.82, 2.24) is 0 Å². The fraction of sp³-hybridized carbons (Fsp3) is 0.583. The molecule has 0 saturated heterocycles. The standard InChI is InChI=1S/C12H20O3/c1-3-5-11-15-12(14-10-4-2)8-6-7-9-13/h3-5,9-10,12H,6-8,11H2,1-2H3. The van der Waals surface area contributed by atoms with E-state index in [1.807, 2.05) is 32.1 Å². The summed E-state index contributed by atoms with van der Waals surface area (Å²) in [7, 11) is 0. The predicted octanol–water partition coefficient (Wildman–Crippen LogP) is 2.82. The molecule has 1 atom stereocenters. The highest BCUT2D eigenvalue weighted by Crippen LogP contribution is 2.06. The van der Waals surface area contributed by atoms with Crippen LogP contribution in [0.5, 0.6) is 0 Å². The number of ether oxygens (including phenoxy) is 2. The molecule has 86 valence electrons. The minimum atomic E-state index is -0.252.